The molecule has 1 spiro atoms. The highest BCUT2D eigenvalue weighted by Gasteiger charge is 2.54. The SMILES string of the molecule is C[C@H](Oc1ccc2[nH]nc(-c3ccc(N4CC5(C4)CN(S(C)(=O)=O)C5)nc3)c2c1)c1c(Cl)cncc1Cl. The first kappa shape index (κ1) is 24.4. The van der Waals surface area contributed by atoms with Gasteiger partial charge in [-0.2, -0.15) is 5.10 Å². The molecule has 1 aromatic carbocycles. The first-order valence-electron chi connectivity index (χ1n) is 11.7. The Kier molecular flexibility index (Phi) is 5.83. The van der Waals surface area contributed by atoms with Crippen LogP contribution in [0.1, 0.15) is 18.6 Å². The molecule has 2 saturated heterocycles. The number of rotatable bonds is 6. The largest absolute Gasteiger partial charge is 0.486 e. The Balaban J connectivity index is 1.18. The lowest BCUT2D eigenvalue weighted by atomic mass is 9.74. The van der Waals surface area contributed by atoms with E-state index in [0.29, 0.717) is 34.4 Å². The van der Waals surface area contributed by atoms with Crippen LogP contribution < -0.4 is 9.64 Å². The van der Waals surface area contributed by atoms with Crippen molar-refractivity contribution in [2.24, 2.45) is 5.41 Å². The zero-order chi connectivity index (χ0) is 25.9. The van der Waals surface area contributed by atoms with Crippen molar-refractivity contribution in [1.82, 2.24) is 24.5 Å². The Morgan fingerprint density at radius 2 is 1.78 bits per heavy atom. The molecule has 5 heterocycles. The lowest BCUT2D eigenvalue weighted by Crippen LogP contribution is -2.73. The number of aromatic amines is 1. The summed E-state index contributed by atoms with van der Waals surface area (Å²) in [7, 11) is -3.11. The van der Waals surface area contributed by atoms with Crippen LogP contribution in [0.4, 0.5) is 5.82 Å². The number of pyridine rings is 2. The van der Waals surface area contributed by atoms with Gasteiger partial charge in [-0.1, -0.05) is 23.2 Å². The molecule has 0 bridgehead atoms. The second-order valence-electron chi connectivity index (χ2n) is 9.85. The highest BCUT2D eigenvalue weighted by molar-refractivity contribution is 7.88. The predicted molar refractivity (Wildman–Crippen MR) is 144 cm³/mol. The standard InChI is InChI=1S/C25H24Cl2N6O3S/c1-15(23-19(26)9-28-10-20(23)27)36-17-4-5-21-18(7-17)24(31-30-21)16-3-6-22(29-8-16)32-11-25(12-32)13-33(14-25)37(2,34)35/h3-10,15H,11-14H2,1-2H3,(H,30,31)/t15-/m0/s1. The van der Waals surface area contributed by atoms with Gasteiger partial charge in [0.05, 0.1) is 21.8 Å². The number of benzene rings is 1. The van der Waals surface area contributed by atoms with E-state index < -0.39 is 10.0 Å². The molecule has 0 unspecified atom stereocenters. The molecule has 9 nitrogen and oxygen atoms in total. The van der Waals surface area contributed by atoms with Gasteiger partial charge in [0.1, 0.15) is 23.4 Å². The van der Waals surface area contributed by atoms with E-state index in [1.165, 1.54) is 10.6 Å². The van der Waals surface area contributed by atoms with Crippen LogP contribution >= 0.6 is 23.2 Å². The van der Waals surface area contributed by atoms with Crippen LogP contribution in [0.25, 0.3) is 22.2 Å². The molecule has 0 aliphatic carbocycles. The van der Waals surface area contributed by atoms with Crippen LogP contribution in [-0.4, -0.2) is 65.3 Å². The lowest BCUT2D eigenvalue weighted by molar-refractivity contribution is 0.0395. The van der Waals surface area contributed by atoms with Gasteiger partial charge in [-0.3, -0.25) is 10.1 Å². The van der Waals surface area contributed by atoms with Gasteiger partial charge in [-0.05, 0) is 37.3 Å². The maximum atomic E-state index is 11.7. The van der Waals surface area contributed by atoms with E-state index in [1.807, 2.05) is 43.5 Å². The van der Waals surface area contributed by atoms with Crippen molar-refractivity contribution >= 4 is 49.9 Å². The number of H-pyrrole nitrogens is 1. The minimum atomic E-state index is -3.11. The van der Waals surface area contributed by atoms with Crippen molar-refractivity contribution in [3.05, 3.63) is 64.5 Å². The van der Waals surface area contributed by atoms with Crippen LogP contribution in [-0.2, 0) is 10.0 Å². The summed E-state index contributed by atoms with van der Waals surface area (Å²) in [4.78, 5) is 10.8. The maximum Gasteiger partial charge on any atom is 0.211 e. The fourth-order valence-corrected chi connectivity index (χ4v) is 6.82. The highest BCUT2D eigenvalue weighted by Crippen LogP contribution is 2.42. The van der Waals surface area contributed by atoms with Gasteiger partial charge >= 0.3 is 0 Å². The normalized spacial score (nSPS) is 18.0. The van der Waals surface area contributed by atoms with Crippen molar-refractivity contribution in [2.45, 2.75) is 13.0 Å². The summed E-state index contributed by atoms with van der Waals surface area (Å²) in [6.07, 6.45) is 5.79. The van der Waals surface area contributed by atoms with Gasteiger partial charge in [0.2, 0.25) is 10.0 Å². The second kappa shape index (κ2) is 8.83. The molecule has 0 radical (unpaired) electrons. The number of fused-ring (bicyclic) bond motifs is 1. The van der Waals surface area contributed by atoms with E-state index >= 15 is 0 Å². The lowest BCUT2D eigenvalue weighted by Gasteiger charge is -2.59. The Hall–Kier alpha value is -2.92. The number of aromatic nitrogens is 4. The number of hydrogen-bond acceptors (Lipinski definition) is 7. The summed E-state index contributed by atoms with van der Waals surface area (Å²) in [6.45, 7) is 4.67. The van der Waals surface area contributed by atoms with Gasteiger partial charge in [0.25, 0.3) is 0 Å². The molecule has 2 aliphatic rings. The summed E-state index contributed by atoms with van der Waals surface area (Å²) in [6, 6.07) is 9.70. The van der Waals surface area contributed by atoms with Gasteiger partial charge in [0, 0.05) is 66.7 Å². The molecule has 1 atom stereocenters. The molecule has 12 heteroatoms. The summed E-state index contributed by atoms with van der Waals surface area (Å²) in [5.41, 5.74) is 3.27. The Morgan fingerprint density at radius 3 is 2.43 bits per heavy atom. The van der Waals surface area contributed by atoms with Crippen molar-refractivity contribution < 1.29 is 13.2 Å². The molecule has 6 rings (SSSR count). The monoisotopic (exact) mass is 558 g/mol. The molecule has 0 amide bonds. The molecule has 37 heavy (non-hydrogen) atoms. The molecule has 192 valence electrons. The molecule has 2 aliphatic heterocycles. The predicted octanol–water partition coefficient (Wildman–Crippen LogP) is 4.55. The number of ether oxygens (including phenoxy) is 1. The fourth-order valence-electron chi connectivity index (χ4n) is 5.13. The Morgan fingerprint density at radius 1 is 1.05 bits per heavy atom. The van der Waals surface area contributed by atoms with Crippen LogP contribution in [0.2, 0.25) is 10.0 Å². The number of hydrogen-bond donors (Lipinski definition) is 1. The van der Waals surface area contributed by atoms with Crippen molar-refractivity contribution in [3.8, 4) is 17.0 Å². The van der Waals surface area contributed by atoms with E-state index in [4.69, 9.17) is 27.9 Å². The van der Waals surface area contributed by atoms with Gasteiger partial charge in [-0.15, -0.1) is 0 Å². The molecular weight excluding hydrogens is 535 g/mol. The van der Waals surface area contributed by atoms with E-state index in [0.717, 1.165) is 41.1 Å². The van der Waals surface area contributed by atoms with Crippen molar-refractivity contribution in [2.75, 3.05) is 37.3 Å². The van der Waals surface area contributed by atoms with Crippen LogP contribution in [0.3, 0.4) is 0 Å². The molecule has 0 saturated carbocycles. The number of halogens is 2. The molecule has 1 N–H and O–H groups in total. The number of nitrogens with one attached hydrogen (secondary N) is 1. The Bertz CT molecular complexity index is 1570. The minimum absolute atomic E-state index is 0.0556. The third kappa shape index (κ3) is 4.41. The van der Waals surface area contributed by atoms with E-state index in [2.05, 4.69) is 25.1 Å². The first-order valence-corrected chi connectivity index (χ1v) is 14.3. The Labute approximate surface area is 224 Å². The van der Waals surface area contributed by atoms with E-state index in [-0.39, 0.29) is 11.5 Å². The highest BCUT2D eigenvalue weighted by atomic mass is 35.5. The van der Waals surface area contributed by atoms with Crippen LogP contribution in [0.15, 0.2) is 48.9 Å². The van der Waals surface area contributed by atoms with Crippen molar-refractivity contribution in [3.63, 3.8) is 0 Å². The zero-order valence-electron chi connectivity index (χ0n) is 20.1. The number of anilines is 1. The summed E-state index contributed by atoms with van der Waals surface area (Å²) in [5, 5.41) is 9.39. The van der Waals surface area contributed by atoms with Crippen LogP contribution in [0.5, 0.6) is 5.75 Å². The van der Waals surface area contributed by atoms with E-state index in [9.17, 15) is 8.42 Å². The molecule has 3 aromatic heterocycles. The quantitative estimate of drug-likeness (QED) is 0.370. The molecule has 2 fully saturated rings. The average molecular weight is 559 g/mol. The molecule has 4 aromatic rings. The van der Waals surface area contributed by atoms with Crippen LogP contribution in [0, 0.1) is 5.41 Å². The zero-order valence-corrected chi connectivity index (χ0v) is 22.5. The average Bonchev–Trinajstić information content (AvgIpc) is 3.20. The summed E-state index contributed by atoms with van der Waals surface area (Å²) >= 11 is 12.6. The van der Waals surface area contributed by atoms with Gasteiger partial charge in [-0.25, -0.2) is 17.7 Å². The third-order valence-corrected chi connectivity index (χ3v) is 8.83. The first-order chi connectivity index (χ1) is 17.6. The second-order valence-corrected chi connectivity index (χ2v) is 12.6. The summed E-state index contributed by atoms with van der Waals surface area (Å²) in [5.74, 6) is 1.53. The third-order valence-electron chi connectivity index (χ3n) is 7.03. The van der Waals surface area contributed by atoms with E-state index in [1.54, 1.807) is 12.4 Å². The maximum absolute atomic E-state index is 11.7. The minimum Gasteiger partial charge on any atom is -0.486 e. The molecular formula is C25H24Cl2N6O3S. The van der Waals surface area contributed by atoms with Crippen molar-refractivity contribution in [1.29, 1.82) is 0 Å². The number of nitrogens with zero attached hydrogens (tertiary/aromatic N) is 5. The smallest absolute Gasteiger partial charge is 0.211 e. The van der Waals surface area contributed by atoms with Gasteiger partial charge < -0.3 is 9.64 Å². The number of sulfonamides is 1. The topological polar surface area (TPSA) is 104 Å². The fraction of sp³-hybridized carbons (Fsp3) is 0.320. The summed E-state index contributed by atoms with van der Waals surface area (Å²) < 4.78 is 31.0. The van der Waals surface area contributed by atoms with Gasteiger partial charge in [0.15, 0.2) is 0 Å².